The lowest BCUT2D eigenvalue weighted by Gasteiger charge is -2.35. The van der Waals surface area contributed by atoms with Gasteiger partial charge in [-0.2, -0.15) is 10.1 Å². The number of piperidine rings is 1. The first-order valence-corrected chi connectivity index (χ1v) is 8.35. The van der Waals surface area contributed by atoms with Gasteiger partial charge in [0.15, 0.2) is 5.82 Å². The highest BCUT2D eigenvalue weighted by molar-refractivity contribution is 5.97. The van der Waals surface area contributed by atoms with Crippen LogP contribution in [0.2, 0.25) is 0 Å². The molecule has 136 valence electrons. The van der Waals surface area contributed by atoms with Gasteiger partial charge in [0.25, 0.3) is 0 Å². The van der Waals surface area contributed by atoms with Crippen molar-refractivity contribution in [2.45, 2.75) is 38.5 Å². The highest BCUT2D eigenvalue weighted by Gasteiger charge is 2.33. The molecule has 0 spiro atoms. The van der Waals surface area contributed by atoms with Gasteiger partial charge >= 0.3 is 0 Å². The van der Waals surface area contributed by atoms with Crippen LogP contribution in [-0.4, -0.2) is 57.5 Å². The van der Waals surface area contributed by atoms with Crippen LogP contribution in [0, 0.1) is 0 Å². The molecule has 9 heteroatoms. The lowest BCUT2D eigenvalue weighted by atomic mass is 10.0. The maximum Gasteiger partial charge on any atom is 0.244 e. The van der Waals surface area contributed by atoms with Crippen molar-refractivity contribution < 1.29 is 14.1 Å². The first kappa shape index (κ1) is 17.6. The lowest BCUT2D eigenvalue weighted by Crippen LogP contribution is -2.51. The third-order valence-corrected chi connectivity index (χ3v) is 4.53. The van der Waals surface area contributed by atoms with Gasteiger partial charge in [0.05, 0.1) is 24.5 Å². The van der Waals surface area contributed by atoms with Crippen molar-refractivity contribution in [3.8, 4) is 0 Å². The van der Waals surface area contributed by atoms with Gasteiger partial charge in [-0.05, 0) is 26.8 Å². The van der Waals surface area contributed by atoms with Crippen LogP contribution in [-0.2, 0) is 23.1 Å². The number of rotatable bonds is 6. The summed E-state index contributed by atoms with van der Waals surface area (Å²) in [5.41, 5.74) is 0.833. The van der Waals surface area contributed by atoms with E-state index in [1.165, 1.54) is 0 Å². The zero-order valence-corrected chi connectivity index (χ0v) is 15.0. The van der Waals surface area contributed by atoms with Crippen LogP contribution in [0.1, 0.15) is 37.6 Å². The van der Waals surface area contributed by atoms with Gasteiger partial charge in [0, 0.05) is 26.9 Å². The lowest BCUT2D eigenvalue weighted by molar-refractivity contribution is -0.125. The number of amides is 1. The number of anilines is 1. The molecule has 1 aliphatic rings. The summed E-state index contributed by atoms with van der Waals surface area (Å²) in [6.45, 7) is 2.99. The number of hydrogen-bond acceptors (Lipinski definition) is 7. The Kier molecular flexibility index (Phi) is 5.14. The molecule has 2 aromatic heterocycles. The molecule has 0 aromatic carbocycles. The van der Waals surface area contributed by atoms with Crippen molar-refractivity contribution in [1.82, 2.24) is 24.8 Å². The molecule has 0 N–H and O–H groups in total. The number of nitrogens with zero attached hydrogens (tertiary/aromatic N) is 6. The summed E-state index contributed by atoms with van der Waals surface area (Å²) in [5.74, 6) is 1.07. The highest BCUT2D eigenvalue weighted by Crippen LogP contribution is 2.23. The molecule has 2 unspecified atom stereocenters. The SMILES string of the molecule is COC(C)c1noc(CN(C)C2CCCN(c3cnn(C)c3)C2=O)n1. The molecule has 2 aromatic rings. The van der Waals surface area contributed by atoms with Gasteiger partial charge in [-0.15, -0.1) is 0 Å². The van der Waals surface area contributed by atoms with Crippen molar-refractivity contribution in [3.63, 3.8) is 0 Å². The second kappa shape index (κ2) is 7.32. The van der Waals surface area contributed by atoms with E-state index in [0.717, 1.165) is 18.5 Å². The zero-order chi connectivity index (χ0) is 18.0. The first-order chi connectivity index (χ1) is 12.0. The van der Waals surface area contributed by atoms with E-state index in [0.29, 0.717) is 24.8 Å². The van der Waals surface area contributed by atoms with E-state index >= 15 is 0 Å². The second-order valence-electron chi connectivity index (χ2n) is 6.36. The quantitative estimate of drug-likeness (QED) is 0.773. The molecular formula is C16H24N6O3. The number of ether oxygens (including phenoxy) is 1. The maximum absolute atomic E-state index is 12.9. The van der Waals surface area contributed by atoms with Crippen LogP contribution in [0.25, 0.3) is 0 Å². The van der Waals surface area contributed by atoms with E-state index in [1.807, 2.05) is 32.1 Å². The first-order valence-electron chi connectivity index (χ1n) is 8.35. The highest BCUT2D eigenvalue weighted by atomic mass is 16.5. The van der Waals surface area contributed by atoms with Gasteiger partial charge < -0.3 is 14.2 Å². The monoisotopic (exact) mass is 348 g/mol. The van der Waals surface area contributed by atoms with E-state index in [1.54, 1.807) is 22.9 Å². The number of methoxy groups -OCH3 is 1. The number of carbonyl (C=O) groups is 1. The molecule has 3 rings (SSSR count). The van der Waals surface area contributed by atoms with E-state index in [9.17, 15) is 4.79 Å². The van der Waals surface area contributed by atoms with E-state index in [-0.39, 0.29) is 18.1 Å². The smallest absolute Gasteiger partial charge is 0.244 e. The Bertz CT molecular complexity index is 727. The van der Waals surface area contributed by atoms with Crippen LogP contribution >= 0.6 is 0 Å². The fourth-order valence-electron chi connectivity index (χ4n) is 3.00. The minimum atomic E-state index is -0.222. The van der Waals surface area contributed by atoms with Crippen LogP contribution in [0.5, 0.6) is 0 Å². The molecule has 1 amide bonds. The van der Waals surface area contributed by atoms with Crippen molar-refractivity contribution >= 4 is 11.6 Å². The Labute approximate surface area is 146 Å². The summed E-state index contributed by atoms with van der Waals surface area (Å²) >= 11 is 0. The molecule has 0 bridgehead atoms. The number of aromatic nitrogens is 4. The fraction of sp³-hybridized carbons (Fsp3) is 0.625. The number of carbonyl (C=O) groups excluding carboxylic acids is 1. The summed E-state index contributed by atoms with van der Waals surface area (Å²) in [6, 6.07) is -0.218. The minimum absolute atomic E-state index is 0.0757. The van der Waals surface area contributed by atoms with Gasteiger partial charge in [-0.3, -0.25) is 14.4 Å². The van der Waals surface area contributed by atoms with Crippen molar-refractivity contribution in [1.29, 1.82) is 0 Å². The average Bonchev–Trinajstić information content (AvgIpc) is 3.23. The van der Waals surface area contributed by atoms with Crippen molar-refractivity contribution in [2.24, 2.45) is 7.05 Å². The van der Waals surface area contributed by atoms with Gasteiger partial charge in [-0.25, -0.2) is 0 Å². The van der Waals surface area contributed by atoms with E-state index in [2.05, 4.69) is 15.2 Å². The molecule has 0 aliphatic carbocycles. The van der Waals surface area contributed by atoms with E-state index in [4.69, 9.17) is 9.26 Å². The predicted molar refractivity (Wildman–Crippen MR) is 89.8 cm³/mol. The molecule has 2 atom stereocenters. The Morgan fingerprint density at radius 1 is 1.52 bits per heavy atom. The second-order valence-corrected chi connectivity index (χ2v) is 6.36. The fourth-order valence-corrected chi connectivity index (χ4v) is 3.00. The average molecular weight is 348 g/mol. The number of aryl methyl sites for hydroxylation is 1. The molecule has 3 heterocycles. The van der Waals surface area contributed by atoms with Crippen molar-refractivity contribution in [3.05, 3.63) is 24.1 Å². The Hall–Kier alpha value is -2.26. The Morgan fingerprint density at radius 3 is 3.00 bits per heavy atom. The zero-order valence-electron chi connectivity index (χ0n) is 15.0. The summed E-state index contributed by atoms with van der Waals surface area (Å²) in [5, 5.41) is 8.08. The molecule has 1 saturated heterocycles. The number of hydrogen-bond donors (Lipinski definition) is 0. The molecular weight excluding hydrogens is 324 g/mol. The summed E-state index contributed by atoms with van der Waals surface area (Å²) in [4.78, 5) is 21.0. The molecule has 0 saturated carbocycles. The Balaban J connectivity index is 1.67. The molecule has 9 nitrogen and oxygen atoms in total. The molecule has 0 radical (unpaired) electrons. The van der Waals surface area contributed by atoms with Crippen LogP contribution in [0.3, 0.4) is 0 Å². The standard InChI is InChI=1S/C16H24N6O3/c1-11(24-4)15-18-14(25-19-15)10-20(2)13-6-5-7-22(16(13)23)12-8-17-21(3)9-12/h8-9,11,13H,5-7,10H2,1-4H3. The predicted octanol–water partition coefficient (Wildman–Crippen LogP) is 1.14. The topological polar surface area (TPSA) is 89.5 Å². The third kappa shape index (κ3) is 3.72. The van der Waals surface area contributed by atoms with Crippen LogP contribution in [0.4, 0.5) is 5.69 Å². The van der Waals surface area contributed by atoms with Gasteiger partial charge in [-0.1, -0.05) is 5.16 Å². The van der Waals surface area contributed by atoms with Gasteiger partial charge in [0.1, 0.15) is 6.10 Å². The summed E-state index contributed by atoms with van der Waals surface area (Å²) < 4.78 is 12.2. The summed E-state index contributed by atoms with van der Waals surface area (Å²) in [7, 11) is 5.34. The molecule has 1 fully saturated rings. The minimum Gasteiger partial charge on any atom is -0.374 e. The Morgan fingerprint density at radius 2 is 2.32 bits per heavy atom. The van der Waals surface area contributed by atoms with Crippen LogP contribution < -0.4 is 4.90 Å². The van der Waals surface area contributed by atoms with Gasteiger partial charge in [0.2, 0.25) is 11.8 Å². The van der Waals surface area contributed by atoms with Crippen molar-refractivity contribution in [2.75, 3.05) is 25.6 Å². The number of likely N-dealkylation sites (N-methyl/N-ethyl adjacent to an activating group) is 1. The third-order valence-electron chi connectivity index (χ3n) is 4.53. The maximum atomic E-state index is 12.9. The normalized spacial score (nSPS) is 19.6. The van der Waals surface area contributed by atoms with Crippen LogP contribution in [0.15, 0.2) is 16.9 Å². The largest absolute Gasteiger partial charge is 0.374 e. The summed E-state index contributed by atoms with van der Waals surface area (Å²) in [6.07, 6.45) is 5.10. The molecule has 1 aliphatic heterocycles. The molecule has 25 heavy (non-hydrogen) atoms. The van der Waals surface area contributed by atoms with E-state index < -0.39 is 0 Å².